The van der Waals surface area contributed by atoms with E-state index in [2.05, 4.69) is 0 Å². The van der Waals surface area contributed by atoms with Gasteiger partial charge in [-0.05, 0) is 31.1 Å². The second kappa shape index (κ2) is 6.58. The molecule has 0 radical (unpaired) electrons. The minimum atomic E-state index is -0.784. The zero-order chi connectivity index (χ0) is 15.5. The van der Waals surface area contributed by atoms with Crippen LogP contribution in [-0.4, -0.2) is 35.1 Å². The lowest BCUT2D eigenvalue weighted by Gasteiger charge is -2.27. The Morgan fingerprint density at radius 1 is 1.48 bits per heavy atom. The van der Waals surface area contributed by atoms with Crippen molar-refractivity contribution >= 4 is 23.6 Å². The molecule has 1 N–H and O–H groups in total. The van der Waals surface area contributed by atoms with E-state index in [-0.39, 0.29) is 16.5 Å². The largest absolute Gasteiger partial charge is 0.388 e. The topological polar surface area (TPSA) is 40.5 Å². The number of benzene rings is 1. The van der Waals surface area contributed by atoms with Crippen molar-refractivity contribution in [1.29, 1.82) is 0 Å². The van der Waals surface area contributed by atoms with E-state index in [4.69, 9.17) is 11.6 Å². The van der Waals surface area contributed by atoms with Crippen LogP contribution in [0.2, 0.25) is 5.02 Å². The van der Waals surface area contributed by atoms with Gasteiger partial charge in [0.2, 0.25) is 5.91 Å². The van der Waals surface area contributed by atoms with Gasteiger partial charge in [-0.2, -0.15) is 0 Å². The molecule has 0 bridgehead atoms. The third-order valence-corrected chi connectivity index (χ3v) is 4.16. The van der Waals surface area contributed by atoms with E-state index < -0.39 is 11.4 Å². The fourth-order valence-corrected chi connectivity index (χ4v) is 2.89. The molecular formula is C16H19ClFNO2. The lowest BCUT2D eigenvalue weighted by molar-refractivity contribution is -0.127. The van der Waals surface area contributed by atoms with Gasteiger partial charge in [-0.15, -0.1) is 0 Å². The zero-order valence-corrected chi connectivity index (χ0v) is 12.7. The van der Waals surface area contributed by atoms with Gasteiger partial charge in [0.1, 0.15) is 5.82 Å². The molecule has 0 spiro atoms. The number of halogens is 2. The quantitative estimate of drug-likeness (QED) is 0.867. The van der Waals surface area contributed by atoms with E-state index in [9.17, 15) is 14.3 Å². The first-order chi connectivity index (χ1) is 9.91. The number of carbonyl (C=O) groups is 1. The van der Waals surface area contributed by atoms with Crippen molar-refractivity contribution in [3.8, 4) is 0 Å². The highest BCUT2D eigenvalue weighted by atomic mass is 35.5. The third kappa shape index (κ3) is 4.05. The second-order valence-corrected chi connectivity index (χ2v) is 6.00. The Labute approximate surface area is 129 Å². The molecular weight excluding hydrogens is 293 g/mol. The number of carbonyl (C=O) groups excluding carboxylic acids is 1. The van der Waals surface area contributed by atoms with Crippen molar-refractivity contribution in [2.75, 3.05) is 13.6 Å². The fraction of sp³-hybridized carbons (Fsp3) is 0.438. The Morgan fingerprint density at radius 2 is 2.14 bits per heavy atom. The Hall–Kier alpha value is -1.39. The molecule has 0 atom stereocenters. The second-order valence-electron chi connectivity index (χ2n) is 5.59. The molecule has 0 unspecified atom stereocenters. The summed E-state index contributed by atoms with van der Waals surface area (Å²) in [7, 11) is 1.63. The van der Waals surface area contributed by atoms with E-state index in [0.717, 1.165) is 12.8 Å². The van der Waals surface area contributed by atoms with Gasteiger partial charge in [-0.25, -0.2) is 4.39 Å². The first kappa shape index (κ1) is 16.0. The van der Waals surface area contributed by atoms with Gasteiger partial charge >= 0.3 is 0 Å². The average molecular weight is 312 g/mol. The average Bonchev–Trinajstić information content (AvgIpc) is 2.84. The third-order valence-electron chi connectivity index (χ3n) is 3.83. The summed E-state index contributed by atoms with van der Waals surface area (Å²) in [5, 5.41) is 10.5. The maximum absolute atomic E-state index is 13.6. The molecule has 21 heavy (non-hydrogen) atoms. The summed E-state index contributed by atoms with van der Waals surface area (Å²) in [6.45, 7) is 0.293. The summed E-state index contributed by atoms with van der Waals surface area (Å²) in [6, 6.07) is 4.37. The smallest absolute Gasteiger partial charge is 0.246 e. The van der Waals surface area contributed by atoms with E-state index in [1.807, 2.05) is 0 Å². The van der Waals surface area contributed by atoms with Gasteiger partial charge in [-0.1, -0.05) is 30.5 Å². The molecule has 1 aliphatic rings. The number of aliphatic hydroxyl groups is 1. The van der Waals surface area contributed by atoms with Gasteiger partial charge in [-0.3, -0.25) is 4.79 Å². The van der Waals surface area contributed by atoms with Crippen LogP contribution in [0.3, 0.4) is 0 Å². The molecule has 0 aromatic heterocycles. The number of amides is 1. The van der Waals surface area contributed by atoms with Crippen LogP contribution in [0.25, 0.3) is 6.08 Å². The molecule has 2 rings (SSSR count). The van der Waals surface area contributed by atoms with Crippen LogP contribution in [0, 0.1) is 5.82 Å². The molecule has 3 nitrogen and oxygen atoms in total. The van der Waals surface area contributed by atoms with Crippen LogP contribution >= 0.6 is 11.6 Å². The summed E-state index contributed by atoms with van der Waals surface area (Å²) in [4.78, 5) is 13.5. The van der Waals surface area contributed by atoms with Crippen LogP contribution in [0.5, 0.6) is 0 Å². The molecule has 5 heteroatoms. The van der Waals surface area contributed by atoms with Crippen molar-refractivity contribution in [1.82, 2.24) is 4.90 Å². The molecule has 1 aliphatic carbocycles. The van der Waals surface area contributed by atoms with Crippen molar-refractivity contribution in [2.24, 2.45) is 0 Å². The van der Waals surface area contributed by atoms with Gasteiger partial charge in [0, 0.05) is 25.2 Å². The highest BCUT2D eigenvalue weighted by molar-refractivity contribution is 6.32. The van der Waals surface area contributed by atoms with E-state index in [1.165, 1.54) is 29.2 Å². The number of rotatable bonds is 4. The normalized spacial score (nSPS) is 17.3. The minimum Gasteiger partial charge on any atom is -0.388 e. The highest BCUT2D eigenvalue weighted by Gasteiger charge is 2.33. The van der Waals surface area contributed by atoms with Crippen molar-refractivity contribution in [3.05, 3.63) is 40.7 Å². The standard InChI is InChI=1S/C16H19ClFNO2/c1-19(11-16(21)9-2-3-10-16)15(20)8-7-12-13(17)5-4-6-14(12)18/h4-8,21H,2-3,9-11H2,1H3/b8-7+. The molecule has 1 aromatic carbocycles. The highest BCUT2D eigenvalue weighted by Crippen LogP contribution is 2.30. The fourth-order valence-electron chi connectivity index (χ4n) is 2.66. The van der Waals surface area contributed by atoms with Crippen LogP contribution in [0.1, 0.15) is 31.2 Å². The van der Waals surface area contributed by atoms with Crippen LogP contribution in [-0.2, 0) is 4.79 Å². The van der Waals surface area contributed by atoms with Crippen molar-refractivity contribution in [3.63, 3.8) is 0 Å². The molecule has 1 fully saturated rings. The number of nitrogens with zero attached hydrogens (tertiary/aromatic N) is 1. The lowest BCUT2D eigenvalue weighted by atomic mass is 10.0. The van der Waals surface area contributed by atoms with E-state index in [0.29, 0.717) is 19.4 Å². The molecule has 1 aromatic rings. The first-order valence-electron chi connectivity index (χ1n) is 7.01. The van der Waals surface area contributed by atoms with Gasteiger partial charge in [0.25, 0.3) is 0 Å². The monoisotopic (exact) mass is 311 g/mol. The predicted molar refractivity (Wildman–Crippen MR) is 81.5 cm³/mol. The summed E-state index contributed by atoms with van der Waals surface area (Å²) in [5.41, 5.74) is -0.589. The first-order valence-corrected chi connectivity index (χ1v) is 7.39. The SMILES string of the molecule is CN(CC1(O)CCCC1)C(=O)/C=C/c1c(F)cccc1Cl. The van der Waals surface area contributed by atoms with Crippen LogP contribution < -0.4 is 0 Å². The Kier molecular flexibility index (Phi) is 5.01. The maximum atomic E-state index is 13.6. The summed E-state index contributed by atoms with van der Waals surface area (Å²) < 4.78 is 13.6. The Bertz CT molecular complexity index is 533. The van der Waals surface area contributed by atoms with Crippen molar-refractivity contribution < 1.29 is 14.3 Å². The molecule has 1 saturated carbocycles. The summed E-state index contributed by atoms with van der Waals surface area (Å²) in [5.74, 6) is -0.752. The molecule has 114 valence electrons. The molecule has 1 amide bonds. The number of hydrogen-bond donors (Lipinski definition) is 1. The number of likely N-dealkylation sites (N-methyl/N-ethyl adjacent to an activating group) is 1. The lowest BCUT2D eigenvalue weighted by Crippen LogP contribution is -2.41. The molecule has 0 heterocycles. The van der Waals surface area contributed by atoms with Gasteiger partial charge in [0.15, 0.2) is 0 Å². The predicted octanol–water partition coefficient (Wildman–Crippen LogP) is 3.26. The molecule has 0 aliphatic heterocycles. The van der Waals surface area contributed by atoms with E-state index in [1.54, 1.807) is 13.1 Å². The van der Waals surface area contributed by atoms with Gasteiger partial charge in [0.05, 0.1) is 10.6 Å². The Balaban J connectivity index is 2.02. The molecule has 0 saturated heterocycles. The van der Waals surface area contributed by atoms with Gasteiger partial charge < -0.3 is 10.0 Å². The number of hydrogen-bond acceptors (Lipinski definition) is 2. The zero-order valence-electron chi connectivity index (χ0n) is 12.0. The van der Waals surface area contributed by atoms with Crippen LogP contribution in [0.15, 0.2) is 24.3 Å². The van der Waals surface area contributed by atoms with Crippen molar-refractivity contribution in [2.45, 2.75) is 31.3 Å². The summed E-state index contributed by atoms with van der Waals surface area (Å²) in [6.07, 6.45) is 6.05. The minimum absolute atomic E-state index is 0.195. The Morgan fingerprint density at radius 3 is 2.76 bits per heavy atom. The van der Waals surface area contributed by atoms with Crippen LogP contribution in [0.4, 0.5) is 4.39 Å². The maximum Gasteiger partial charge on any atom is 0.246 e. The van der Waals surface area contributed by atoms with E-state index >= 15 is 0 Å². The summed E-state index contributed by atoms with van der Waals surface area (Å²) >= 11 is 5.90.